The Morgan fingerprint density at radius 3 is 2.30 bits per heavy atom. The van der Waals surface area contributed by atoms with Crippen LogP contribution in [-0.2, 0) is 11.3 Å². The SMILES string of the molecule is CCN1CCN(CC(=O)Nc2ccc(CN)cc2)CC1. The Kier molecular flexibility index (Phi) is 5.52. The zero-order valence-electron chi connectivity index (χ0n) is 12.1. The maximum absolute atomic E-state index is 12.0. The van der Waals surface area contributed by atoms with Crippen molar-refractivity contribution in [2.24, 2.45) is 5.73 Å². The van der Waals surface area contributed by atoms with E-state index in [1.54, 1.807) is 0 Å². The number of benzene rings is 1. The molecule has 110 valence electrons. The molecule has 5 nitrogen and oxygen atoms in total. The van der Waals surface area contributed by atoms with Crippen LogP contribution < -0.4 is 11.1 Å². The van der Waals surface area contributed by atoms with Gasteiger partial charge in [-0.1, -0.05) is 19.1 Å². The second kappa shape index (κ2) is 7.38. The first-order valence-electron chi connectivity index (χ1n) is 7.25. The molecule has 1 fully saturated rings. The molecule has 0 unspecified atom stereocenters. The zero-order valence-corrected chi connectivity index (χ0v) is 12.1. The summed E-state index contributed by atoms with van der Waals surface area (Å²) < 4.78 is 0. The van der Waals surface area contributed by atoms with E-state index < -0.39 is 0 Å². The predicted octanol–water partition coefficient (Wildman–Crippen LogP) is 0.721. The highest BCUT2D eigenvalue weighted by molar-refractivity contribution is 5.92. The van der Waals surface area contributed by atoms with E-state index in [1.165, 1.54) is 0 Å². The molecule has 1 aliphatic rings. The molecule has 0 atom stereocenters. The molecule has 3 N–H and O–H groups in total. The minimum Gasteiger partial charge on any atom is -0.326 e. The number of rotatable bonds is 5. The van der Waals surface area contributed by atoms with E-state index in [-0.39, 0.29) is 5.91 Å². The van der Waals surface area contributed by atoms with Crippen LogP contribution in [0.1, 0.15) is 12.5 Å². The van der Waals surface area contributed by atoms with Crippen molar-refractivity contribution in [1.29, 1.82) is 0 Å². The molecule has 20 heavy (non-hydrogen) atoms. The summed E-state index contributed by atoms with van der Waals surface area (Å²) in [5, 5.41) is 2.93. The van der Waals surface area contributed by atoms with Crippen molar-refractivity contribution < 1.29 is 4.79 Å². The molecule has 1 heterocycles. The van der Waals surface area contributed by atoms with Crippen molar-refractivity contribution >= 4 is 11.6 Å². The van der Waals surface area contributed by atoms with E-state index in [1.807, 2.05) is 24.3 Å². The van der Waals surface area contributed by atoms with Crippen molar-refractivity contribution in [3.63, 3.8) is 0 Å². The van der Waals surface area contributed by atoms with Gasteiger partial charge in [-0.05, 0) is 24.2 Å². The summed E-state index contributed by atoms with van der Waals surface area (Å²) in [6.07, 6.45) is 0. The van der Waals surface area contributed by atoms with Crippen LogP contribution in [0.25, 0.3) is 0 Å². The van der Waals surface area contributed by atoms with Gasteiger partial charge < -0.3 is 16.0 Å². The molecule has 0 saturated carbocycles. The van der Waals surface area contributed by atoms with Crippen LogP contribution in [0.4, 0.5) is 5.69 Å². The second-order valence-electron chi connectivity index (χ2n) is 5.16. The number of hydrogen-bond acceptors (Lipinski definition) is 4. The lowest BCUT2D eigenvalue weighted by molar-refractivity contribution is -0.117. The highest BCUT2D eigenvalue weighted by Gasteiger charge is 2.17. The van der Waals surface area contributed by atoms with Gasteiger partial charge in [-0.15, -0.1) is 0 Å². The molecule has 0 aliphatic carbocycles. The van der Waals surface area contributed by atoms with Gasteiger partial charge in [0.2, 0.25) is 5.91 Å². The number of nitrogens with zero attached hydrogens (tertiary/aromatic N) is 2. The summed E-state index contributed by atoms with van der Waals surface area (Å²) in [6.45, 7) is 8.29. The smallest absolute Gasteiger partial charge is 0.238 e. The highest BCUT2D eigenvalue weighted by Crippen LogP contribution is 2.09. The molecule has 0 bridgehead atoms. The lowest BCUT2D eigenvalue weighted by atomic mass is 10.2. The van der Waals surface area contributed by atoms with Crippen LogP contribution in [0, 0.1) is 0 Å². The van der Waals surface area contributed by atoms with Gasteiger partial charge in [0, 0.05) is 38.4 Å². The first-order valence-corrected chi connectivity index (χ1v) is 7.25. The molecule has 0 aromatic heterocycles. The van der Waals surface area contributed by atoms with Crippen molar-refractivity contribution in [3.8, 4) is 0 Å². The van der Waals surface area contributed by atoms with E-state index in [0.717, 1.165) is 44.0 Å². The quantitative estimate of drug-likeness (QED) is 0.832. The Labute approximate surface area is 120 Å². The zero-order chi connectivity index (χ0) is 14.4. The first kappa shape index (κ1) is 15.0. The molecule has 2 rings (SSSR count). The van der Waals surface area contributed by atoms with Crippen LogP contribution in [0.3, 0.4) is 0 Å². The van der Waals surface area contributed by atoms with Crippen molar-refractivity contribution in [2.45, 2.75) is 13.5 Å². The number of amides is 1. The standard InChI is InChI=1S/C15H24N4O/c1-2-18-7-9-19(10-8-18)12-15(20)17-14-5-3-13(11-16)4-6-14/h3-6H,2,7-12,16H2,1H3,(H,17,20). The molecule has 1 aliphatic heterocycles. The summed E-state index contributed by atoms with van der Waals surface area (Å²) in [7, 11) is 0. The molecule has 1 aromatic carbocycles. The fourth-order valence-electron chi connectivity index (χ4n) is 2.39. The van der Waals surface area contributed by atoms with Crippen molar-refractivity contribution in [3.05, 3.63) is 29.8 Å². The van der Waals surface area contributed by atoms with Crippen LogP contribution in [0.5, 0.6) is 0 Å². The third-order valence-electron chi connectivity index (χ3n) is 3.75. The Bertz CT molecular complexity index is 424. The minimum atomic E-state index is 0.0513. The van der Waals surface area contributed by atoms with E-state index in [0.29, 0.717) is 13.1 Å². The Hall–Kier alpha value is -1.43. The normalized spacial score (nSPS) is 17.1. The summed E-state index contributed by atoms with van der Waals surface area (Å²) >= 11 is 0. The minimum absolute atomic E-state index is 0.0513. The molecular weight excluding hydrogens is 252 g/mol. The van der Waals surface area contributed by atoms with E-state index in [2.05, 4.69) is 22.0 Å². The van der Waals surface area contributed by atoms with Gasteiger partial charge in [-0.3, -0.25) is 9.69 Å². The summed E-state index contributed by atoms with van der Waals surface area (Å²) in [5.41, 5.74) is 7.45. The monoisotopic (exact) mass is 276 g/mol. The Morgan fingerprint density at radius 1 is 1.15 bits per heavy atom. The maximum Gasteiger partial charge on any atom is 0.238 e. The average Bonchev–Trinajstić information content (AvgIpc) is 2.49. The van der Waals surface area contributed by atoms with Gasteiger partial charge in [-0.25, -0.2) is 0 Å². The van der Waals surface area contributed by atoms with E-state index in [9.17, 15) is 4.79 Å². The number of nitrogens with one attached hydrogen (secondary N) is 1. The molecule has 1 amide bonds. The average molecular weight is 276 g/mol. The third-order valence-corrected chi connectivity index (χ3v) is 3.75. The molecule has 0 radical (unpaired) electrons. The summed E-state index contributed by atoms with van der Waals surface area (Å²) in [5.74, 6) is 0.0513. The molecular formula is C15H24N4O. The van der Waals surface area contributed by atoms with Crippen molar-refractivity contribution in [2.75, 3.05) is 44.6 Å². The van der Waals surface area contributed by atoms with Gasteiger partial charge in [0.25, 0.3) is 0 Å². The number of likely N-dealkylation sites (N-methyl/N-ethyl adjacent to an activating group) is 1. The first-order chi connectivity index (χ1) is 9.71. The molecule has 1 saturated heterocycles. The van der Waals surface area contributed by atoms with Crippen LogP contribution in [0.2, 0.25) is 0 Å². The van der Waals surface area contributed by atoms with Crippen LogP contribution >= 0.6 is 0 Å². The van der Waals surface area contributed by atoms with Crippen LogP contribution in [0.15, 0.2) is 24.3 Å². The number of anilines is 1. The molecule has 1 aromatic rings. The number of piperazine rings is 1. The van der Waals surface area contributed by atoms with E-state index >= 15 is 0 Å². The lowest BCUT2D eigenvalue weighted by Gasteiger charge is -2.33. The Balaban J connectivity index is 1.77. The van der Waals surface area contributed by atoms with Crippen LogP contribution in [-0.4, -0.2) is 55.0 Å². The topological polar surface area (TPSA) is 61.6 Å². The van der Waals surface area contributed by atoms with E-state index in [4.69, 9.17) is 5.73 Å². The number of carbonyl (C=O) groups is 1. The highest BCUT2D eigenvalue weighted by atomic mass is 16.2. The van der Waals surface area contributed by atoms with Gasteiger partial charge >= 0.3 is 0 Å². The van der Waals surface area contributed by atoms with Gasteiger partial charge in [-0.2, -0.15) is 0 Å². The predicted molar refractivity (Wildman–Crippen MR) is 81.5 cm³/mol. The number of carbonyl (C=O) groups excluding carboxylic acids is 1. The van der Waals surface area contributed by atoms with Gasteiger partial charge in [0.1, 0.15) is 0 Å². The second-order valence-corrected chi connectivity index (χ2v) is 5.16. The number of hydrogen-bond donors (Lipinski definition) is 2. The van der Waals surface area contributed by atoms with Crippen molar-refractivity contribution in [1.82, 2.24) is 9.80 Å². The Morgan fingerprint density at radius 2 is 1.75 bits per heavy atom. The van der Waals surface area contributed by atoms with Gasteiger partial charge in [0.05, 0.1) is 6.54 Å². The summed E-state index contributed by atoms with van der Waals surface area (Å²) in [6, 6.07) is 7.68. The molecule has 5 heteroatoms. The molecule has 0 spiro atoms. The lowest BCUT2D eigenvalue weighted by Crippen LogP contribution is -2.48. The third kappa shape index (κ3) is 4.30. The largest absolute Gasteiger partial charge is 0.326 e. The summed E-state index contributed by atoms with van der Waals surface area (Å²) in [4.78, 5) is 16.6. The number of nitrogens with two attached hydrogens (primary N) is 1. The van der Waals surface area contributed by atoms with Gasteiger partial charge in [0.15, 0.2) is 0 Å². The maximum atomic E-state index is 12.0. The fourth-order valence-corrected chi connectivity index (χ4v) is 2.39. The fraction of sp³-hybridized carbons (Fsp3) is 0.533.